The van der Waals surface area contributed by atoms with Gasteiger partial charge in [-0.25, -0.2) is 9.78 Å². The van der Waals surface area contributed by atoms with Crippen molar-refractivity contribution >= 4 is 59.1 Å². The van der Waals surface area contributed by atoms with E-state index < -0.39 is 140 Å². The highest BCUT2D eigenvalue weighted by atomic mass is 16.4. The maximum absolute atomic E-state index is 13.9. The number of aliphatic hydroxyl groups excluding tert-OH is 3. The summed E-state index contributed by atoms with van der Waals surface area (Å²) in [6.45, 7) is 4.43. The van der Waals surface area contributed by atoms with Crippen molar-refractivity contribution in [2.75, 3.05) is 32.8 Å². The molecule has 9 atom stereocenters. The number of nitrogens with one attached hydrogen (secondary N) is 10. The quantitative estimate of drug-likeness (QED) is 0.0346. The molecule has 2 rings (SSSR count). The van der Waals surface area contributed by atoms with Gasteiger partial charge < -0.3 is 84.1 Å². The molecule has 0 radical (unpaired) electrons. The van der Waals surface area contributed by atoms with E-state index in [0.29, 0.717) is 17.7 Å². The second-order valence-electron chi connectivity index (χ2n) is 16.8. The highest BCUT2D eigenvalue weighted by Gasteiger charge is 2.34. The summed E-state index contributed by atoms with van der Waals surface area (Å²) in [5.74, 6) is -10.4. The topological polar surface area (TPSA) is 436 Å². The van der Waals surface area contributed by atoms with Crippen LogP contribution in [-0.4, -0.2) is 176 Å². The lowest BCUT2D eigenvalue weighted by molar-refractivity contribution is -0.355. The van der Waals surface area contributed by atoms with E-state index >= 15 is 0 Å². The maximum Gasteiger partial charge on any atom is 0.328 e. The molecule has 0 fully saturated rings. The molecule has 27 nitrogen and oxygen atoms in total. The van der Waals surface area contributed by atoms with Crippen molar-refractivity contribution in [1.82, 2.24) is 57.8 Å². The number of carbonyl (C=O) groups excluding carboxylic acids is 9. The lowest BCUT2D eigenvalue weighted by Crippen LogP contribution is -2.61. The number of amides is 9. The van der Waals surface area contributed by atoms with Gasteiger partial charge in [0.25, 0.3) is 5.91 Å². The number of aromatic nitrogens is 2. The Kier molecular flexibility index (Phi) is 24.9. The van der Waals surface area contributed by atoms with Crippen LogP contribution >= 0.6 is 0 Å². The van der Waals surface area contributed by atoms with Crippen LogP contribution in [0.25, 0.3) is 0 Å². The molecular formula is C43H67N12O15+. The summed E-state index contributed by atoms with van der Waals surface area (Å²) in [5.41, 5.74) is 4.26. The number of aliphatic hydroxyl groups is 3. The molecular weight excluding hydrogens is 925 g/mol. The molecule has 9 amide bonds. The van der Waals surface area contributed by atoms with Crippen LogP contribution in [0.15, 0.2) is 36.8 Å². The molecule has 0 aliphatic rings. The fourth-order valence-corrected chi connectivity index (χ4v) is 6.46. The van der Waals surface area contributed by atoms with Gasteiger partial charge in [0.05, 0.1) is 38.7 Å². The van der Waals surface area contributed by atoms with Crippen LogP contribution in [0.1, 0.15) is 58.7 Å². The number of H-pyrrole nitrogens is 1. The van der Waals surface area contributed by atoms with E-state index in [1.807, 2.05) is 0 Å². The number of hydrogen-bond donors (Lipinski definition) is 16. The zero-order valence-corrected chi connectivity index (χ0v) is 39.6. The van der Waals surface area contributed by atoms with Crippen molar-refractivity contribution in [1.29, 1.82) is 0 Å². The molecule has 2 aromatic rings. The molecule has 0 bridgehead atoms. The summed E-state index contributed by atoms with van der Waals surface area (Å²) >= 11 is 0. The Balaban J connectivity index is 2.24. The van der Waals surface area contributed by atoms with E-state index in [0.717, 1.165) is 6.92 Å². The van der Waals surface area contributed by atoms with E-state index in [1.165, 1.54) is 36.8 Å². The Morgan fingerprint density at radius 2 is 1.13 bits per heavy atom. The number of carboxylic acid groups (broad SMARTS) is 1. The van der Waals surface area contributed by atoms with Gasteiger partial charge in [0.15, 0.2) is 12.6 Å². The smallest absolute Gasteiger partial charge is 0.328 e. The van der Waals surface area contributed by atoms with Gasteiger partial charge >= 0.3 is 5.97 Å². The van der Waals surface area contributed by atoms with Crippen molar-refractivity contribution < 1.29 is 79.2 Å². The zero-order valence-electron chi connectivity index (χ0n) is 39.6. The number of phenolic OH excluding ortho intramolecular Hbond substituents is 1. The van der Waals surface area contributed by atoms with Gasteiger partial charge in [0.1, 0.15) is 42.0 Å². The molecule has 1 heterocycles. The first-order valence-corrected chi connectivity index (χ1v) is 22.4. The van der Waals surface area contributed by atoms with E-state index in [1.54, 1.807) is 27.7 Å². The summed E-state index contributed by atoms with van der Waals surface area (Å²) in [7, 11) is 0. The predicted octanol–water partition coefficient (Wildman–Crippen LogP) is -6.69. The normalized spacial score (nSPS) is 14.9. The minimum absolute atomic E-state index is 0.0137. The highest BCUT2D eigenvalue weighted by Crippen LogP contribution is 2.13. The Morgan fingerprint density at radius 3 is 1.66 bits per heavy atom. The Bertz CT molecular complexity index is 2090. The summed E-state index contributed by atoms with van der Waals surface area (Å²) < 4.78 is 0. The summed E-state index contributed by atoms with van der Waals surface area (Å²) in [6.07, 6.45) is 1.19. The molecule has 27 heteroatoms. The Morgan fingerprint density at radius 1 is 0.629 bits per heavy atom. The number of imidazole rings is 1. The van der Waals surface area contributed by atoms with Crippen LogP contribution in [0.2, 0.25) is 0 Å². The first-order valence-electron chi connectivity index (χ1n) is 22.4. The fourth-order valence-electron chi connectivity index (χ4n) is 6.46. The van der Waals surface area contributed by atoms with Gasteiger partial charge in [0.2, 0.25) is 47.3 Å². The van der Waals surface area contributed by atoms with Crippen LogP contribution in [0, 0.1) is 11.8 Å². The summed E-state index contributed by atoms with van der Waals surface area (Å²) in [4.78, 5) is 137. The molecule has 1 aromatic carbocycles. The summed E-state index contributed by atoms with van der Waals surface area (Å²) in [5, 5.41) is 69.9. The van der Waals surface area contributed by atoms with Gasteiger partial charge in [-0.15, -0.1) is 0 Å². The van der Waals surface area contributed by atoms with E-state index in [9.17, 15) is 73.5 Å². The third-order valence-corrected chi connectivity index (χ3v) is 10.6. The number of carbonyl (C=O) groups is 10. The molecule has 70 heavy (non-hydrogen) atoms. The van der Waals surface area contributed by atoms with Gasteiger partial charge in [0, 0.05) is 24.7 Å². The second kappa shape index (κ2) is 29.6. The second-order valence-corrected chi connectivity index (χ2v) is 16.8. The Hall–Kier alpha value is -7.23. The average molecular weight is 992 g/mol. The molecule has 388 valence electrons. The number of benzene rings is 1. The van der Waals surface area contributed by atoms with Crippen LogP contribution < -0.4 is 53.6 Å². The third-order valence-electron chi connectivity index (χ3n) is 10.6. The average Bonchev–Trinajstić information content (AvgIpc) is 3.84. The number of aromatic amines is 1. The molecule has 0 spiro atoms. The molecule has 1 aromatic heterocycles. The van der Waals surface area contributed by atoms with Gasteiger partial charge in [-0.2, -0.15) is 0 Å². The molecule has 0 aliphatic carbocycles. The minimum atomic E-state index is -1.67. The van der Waals surface area contributed by atoms with E-state index in [2.05, 4.69) is 63.6 Å². The Labute approximate surface area is 402 Å². The fraction of sp³-hybridized carbons (Fsp3) is 0.558. The zero-order chi connectivity index (χ0) is 52.7. The molecule has 0 saturated carbocycles. The lowest BCUT2D eigenvalue weighted by Gasteiger charge is -2.28. The monoisotopic (exact) mass is 991 g/mol. The highest BCUT2D eigenvalue weighted by molar-refractivity contribution is 5.97. The number of nitrogens with zero attached hydrogens (tertiary/aromatic N) is 1. The maximum atomic E-state index is 13.9. The number of hydrogen-bond acceptors (Lipinski definition) is 15. The molecule has 0 saturated heterocycles. The molecule has 18 N–H and O–H groups in total. The van der Waals surface area contributed by atoms with Crippen molar-refractivity contribution in [3.8, 4) is 5.75 Å². The van der Waals surface area contributed by atoms with Gasteiger partial charge in [-0.05, 0) is 42.9 Å². The van der Waals surface area contributed by atoms with E-state index in [-0.39, 0.29) is 37.5 Å². The van der Waals surface area contributed by atoms with Crippen LogP contribution in [0.4, 0.5) is 0 Å². The third kappa shape index (κ3) is 20.2. The minimum Gasteiger partial charge on any atom is -0.508 e. The number of aromatic hydroxyl groups is 1. The number of rotatable bonds is 30. The number of phenols is 1. The first-order chi connectivity index (χ1) is 33.0. The van der Waals surface area contributed by atoms with Crippen molar-refractivity contribution in [3.63, 3.8) is 0 Å². The number of carboxylic acids is 1. The van der Waals surface area contributed by atoms with Crippen LogP contribution in [0.5, 0.6) is 5.75 Å². The number of aliphatic carboxylic acids is 1. The molecule has 0 aliphatic heterocycles. The van der Waals surface area contributed by atoms with Gasteiger partial charge in [-0.3, -0.25) is 43.2 Å². The standard InChI is InChI=1S/C43H66N12O15/c1-6-22(4)35(42(68)47-17-34(62)54-36(23(5)58)43(69)70)55-41(67)31(19-57)53-38(64)27(11-21(2)3)51-39(65)29(13-25-15-45-20-48-25)49-33(61)16-46-37(63)28(12-24-7-9-26(59)10-8-24)52-40(66)30(18-56)50-32(60)14-44/h7-10,15,20-23,27-31,35-36,56-59H,6,11-14,16-19,44H2,1-5H3,(H,45,48)(H,46,63)(H,47,68)(H,49,61)(H,50,60)(H,51,65)(H,52,66)(H,53,64)(H,54,62)(H,55,67)(H,69,70)/p+1/t22-,23+,27-,28-,29-,30-,31-,35-,36-/m0/s1. The van der Waals surface area contributed by atoms with Crippen molar-refractivity contribution in [2.45, 2.75) is 109 Å². The van der Waals surface area contributed by atoms with Crippen molar-refractivity contribution in [2.24, 2.45) is 11.8 Å². The lowest BCUT2D eigenvalue weighted by atomic mass is 9.97. The van der Waals surface area contributed by atoms with Gasteiger partial charge in [-0.1, -0.05) is 46.2 Å². The largest absolute Gasteiger partial charge is 0.508 e. The summed E-state index contributed by atoms with van der Waals surface area (Å²) in [6, 6.07) is -4.61. The predicted molar refractivity (Wildman–Crippen MR) is 244 cm³/mol. The van der Waals surface area contributed by atoms with Crippen LogP contribution in [-0.2, 0) is 60.8 Å². The van der Waals surface area contributed by atoms with Crippen LogP contribution in [0.3, 0.4) is 0 Å². The van der Waals surface area contributed by atoms with E-state index in [4.69, 9.17) is 0 Å². The molecule has 0 unspecified atom stereocenters. The first kappa shape index (κ1) is 58.9. The SMILES string of the molecule is CC[C@H](C)[C@H](NC(=O)[C@H](CO)NC(=O)[C@H](CC(C)C)NC(=O)[C@H](Cc1cnc[nH]1)NC(=O)CNC(=O)[C@H](Cc1ccc(O)cc1)NC(=O)[C@H](CO)NC(=O)C[NH3+])C(=O)NCC(=O)N[C@H](C(=O)O)[C@@H](C)O. The number of quaternary nitrogens is 1. The van der Waals surface area contributed by atoms with Crippen molar-refractivity contribution in [3.05, 3.63) is 48.0 Å².